The number of anilines is 1. The molecule has 3 heterocycles. The number of rotatable bonds is 4. The first-order chi connectivity index (χ1) is 13.6. The van der Waals surface area contributed by atoms with Gasteiger partial charge >= 0.3 is 6.03 Å². The highest BCUT2D eigenvalue weighted by Gasteiger charge is 2.18. The Hall–Kier alpha value is -3.61. The van der Waals surface area contributed by atoms with E-state index in [4.69, 9.17) is 5.73 Å². The van der Waals surface area contributed by atoms with Crippen molar-refractivity contribution in [1.29, 1.82) is 0 Å². The summed E-state index contributed by atoms with van der Waals surface area (Å²) in [6.45, 7) is 1.55. The number of carbonyl (C=O) groups excluding carboxylic acids is 2. The van der Waals surface area contributed by atoms with Gasteiger partial charge in [0.1, 0.15) is 5.65 Å². The Balaban J connectivity index is 1.67. The number of hydrogen-bond acceptors (Lipinski definition) is 3. The topological polar surface area (TPSA) is 104 Å². The number of nitrogens with zero attached hydrogens (tertiary/aromatic N) is 2. The quantitative estimate of drug-likeness (QED) is 0.610. The Kier molecular flexibility index (Phi) is 4.80. The molecule has 4 N–H and O–H groups in total. The summed E-state index contributed by atoms with van der Waals surface area (Å²) in [5.41, 5.74) is 8.81. The molecule has 7 nitrogen and oxygen atoms in total. The van der Waals surface area contributed by atoms with Crippen LogP contribution in [0.15, 0.2) is 48.8 Å². The van der Waals surface area contributed by atoms with Crippen LogP contribution in [0.3, 0.4) is 0 Å². The molecule has 0 aliphatic carbocycles. The van der Waals surface area contributed by atoms with Crippen LogP contribution in [0.1, 0.15) is 24.0 Å². The molecule has 3 amide bonds. The molecule has 0 bridgehead atoms. The lowest BCUT2D eigenvalue weighted by molar-refractivity contribution is -0.112. The SMILES string of the molecule is NC(=O)C(=Cc1c[nH]c2ncc(NC(=O)N3CCCC3)cc12)c1ccccc1. The molecular weight excluding hydrogens is 354 g/mol. The van der Waals surface area contributed by atoms with Crippen molar-refractivity contribution >= 4 is 40.3 Å². The minimum atomic E-state index is -0.507. The van der Waals surface area contributed by atoms with Crippen LogP contribution in [0, 0.1) is 0 Å². The van der Waals surface area contributed by atoms with Crippen molar-refractivity contribution in [2.45, 2.75) is 12.8 Å². The molecule has 1 fully saturated rings. The fourth-order valence-electron chi connectivity index (χ4n) is 3.40. The number of hydrogen-bond donors (Lipinski definition) is 3. The lowest BCUT2D eigenvalue weighted by Crippen LogP contribution is -2.32. The van der Waals surface area contributed by atoms with Gasteiger partial charge in [0.25, 0.3) is 0 Å². The zero-order chi connectivity index (χ0) is 19.5. The number of nitrogens with two attached hydrogens (primary N) is 1. The van der Waals surface area contributed by atoms with Crippen molar-refractivity contribution in [3.63, 3.8) is 0 Å². The van der Waals surface area contributed by atoms with E-state index < -0.39 is 5.91 Å². The molecule has 1 aliphatic rings. The van der Waals surface area contributed by atoms with Crippen LogP contribution in [0.25, 0.3) is 22.7 Å². The van der Waals surface area contributed by atoms with Gasteiger partial charge in [0, 0.05) is 35.8 Å². The molecule has 1 aliphatic heterocycles. The number of benzene rings is 1. The van der Waals surface area contributed by atoms with E-state index in [1.165, 1.54) is 0 Å². The van der Waals surface area contributed by atoms with Crippen molar-refractivity contribution in [1.82, 2.24) is 14.9 Å². The molecule has 0 spiro atoms. The minimum absolute atomic E-state index is 0.117. The van der Waals surface area contributed by atoms with Crippen LogP contribution in [0.2, 0.25) is 0 Å². The molecule has 0 saturated carbocycles. The predicted molar refractivity (Wildman–Crippen MR) is 109 cm³/mol. The van der Waals surface area contributed by atoms with Crippen molar-refractivity contribution < 1.29 is 9.59 Å². The van der Waals surface area contributed by atoms with E-state index in [0.29, 0.717) is 16.9 Å². The Morgan fingerprint density at radius 1 is 1.18 bits per heavy atom. The highest BCUT2D eigenvalue weighted by molar-refractivity contribution is 6.24. The lowest BCUT2D eigenvalue weighted by Gasteiger charge is -2.16. The molecule has 28 heavy (non-hydrogen) atoms. The minimum Gasteiger partial charge on any atom is -0.366 e. The first-order valence-electron chi connectivity index (χ1n) is 9.22. The van der Waals surface area contributed by atoms with E-state index >= 15 is 0 Å². The monoisotopic (exact) mass is 375 g/mol. The molecule has 4 rings (SSSR count). The number of nitrogens with one attached hydrogen (secondary N) is 2. The fraction of sp³-hybridized carbons (Fsp3) is 0.190. The van der Waals surface area contributed by atoms with Gasteiger partial charge in [-0.2, -0.15) is 0 Å². The summed E-state index contributed by atoms with van der Waals surface area (Å²) in [6.07, 6.45) is 7.20. The number of aromatic nitrogens is 2. The number of fused-ring (bicyclic) bond motifs is 1. The first-order valence-corrected chi connectivity index (χ1v) is 9.22. The fourth-order valence-corrected chi connectivity index (χ4v) is 3.40. The highest BCUT2D eigenvalue weighted by Crippen LogP contribution is 2.25. The van der Waals surface area contributed by atoms with Gasteiger partial charge in [-0.25, -0.2) is 9.78 Å². The van der Waals surface area contributed by atoms with Crippen LogP contribution in [0.4, 0.5) is 10.5 Å². The van der Waals surface area contributed by atoms with E-state index in [-0.39, 0.29) is 6.03 Å². The molecule has 0 radical (unpaired) electrons. The summed E-state index contributed by atoms with van der Waals surface area (Å²) in [5.74, 6) is -0.507. The maximum Gasteiger partial charge on any atom is 0.321 e. The first kappa shape index (κ1) is 17.8. The normalized spacial score (nSPS) is 14.4. The third-order valence-corrected chi connectivity index (χ3v) is 4.86. The van der Waals surface area contributed by atoms with E-state index in [1.54, 1.807) is 23.4 Å². The van der Waals surface area contributed by atoms with Gasteiger partial charge in [-0.1, -0.05) is 30.3 Å². The van der Waals surface area contributed by atoms with E-state index in [0.717, 1.165) is 42.4 Å². The second kappa shape index (κ2) is 7.56. The van der Waals surface area contributed by atoms with Crippen molar-refractivity contribution in [2.24, 2.45) is 5.73 Å². The van der Waals surface area contributed by atoms with Gasteiger partial charge in [0.05, 0.1) is 11.9 Å². The van der Waals surface area contributed by atoms with Gasteiger partial charge < -0.3 is 20.9 Å². The zero-order valence-electron chi connectivity index (χ0n) is 15.3. The lowest BCUT2D eigenvalue weighted by atomic mass is 10.0. The number of H-pyrrole nitrogens is 1. The number of likely N-dealkylation sites (tertiary alicyclic amines) is 1. The van der Waals surface area contributed by atoms with Crippen LogP contribution in [-0.4, -0.2) is 39.9 Å². The molecule has 142 valence electrons. The Bertz CT molecular complexity index is 1050. The second-order valence-electron chi connectivity index (χ2n) is 6.78. The average Bonchev–Trinajstić information content (AvgIpc) is 3.37. The molecular formula is C21H21N5O2. The van der Waals surface area contributed by atoms with Gasteiger partial charge in [-0.05, 0) is 30.5 Å². The summed E-state index contributed by atoms with van der Waals surface area (Å²) in [5, 5.41) is 3.70. The van der Waals surface area contributed by atoms with Crippen LogP contribution < -0.4 is 11.1 Å². The van der Waals surface area contributed by atoms with Gasteiger partial charge in [-0.15, -0.1) is 0 Å². The largest absolute Gasteiger partial charge is 0.366 e. The Labute approximate surface area is 162 Å². The number of aromatic amines is 1. The number of amides is 3. The average molecular weight is 375 g/mol. The standard InChI is InChI=1S/C21H21N5O2/c22-19(27)17(14-6-2-1-3-7-14)10-15-12-23-20-18(15)11-16(13-24-20)25-21(28)26-8-4-5-9-26/h1-3,6-7,10-13H,4-5,8-9H2,(H2,22,27)(H,23,24)(H,25,28). The number of carbonyl (C=O) groups is 2. The third kappa shape index (κ3) is 3.59. The summed E-state index contributed by atoms with van der Waals surface area (Å²) in [7, 11) is 0. The van der Waals surface area contributed by atoms with Crippen molar-refractivity contribution in [3.05, 3.63) is 59.9 Å². The second-order valence-corrected chi connectivity index (χ2v) is 6.78. The van der Waals surface area contributed by atoms with Crippen LogP contribution >= 0.6 is 0 Å². The van der Waals surface area contributed by atoms with E-state index in [9.17, 15) is 9.59 Å². The smallest absolute Gasteiger partial charge is 0.321 e. The molecule has 1 aromatic carbocycles. The molecule has 0 atom stereocenters. The van der Waals surface area contributed by atoms with Crippen molar-refractivity contribution in [2.75, 3.05) is 18.4 Å². The van der Waals surface area contributed by atoms with Gasteiger partial charge in [-0.3, -0.25) is 4.79 Å². The van der Waals surface area contributed by atoms with E-state index in [1.807, 2.05) is 36.4 Å². The number of urea groups is 1. The van der Waals surface area contributed by atoms with Crippen molar-refractivity contribution in [3.8, 4) is 0 Å². The molecule has 3 aromatic rings. The third-order valence-electron chi connectivity index (χ3n) is 4.86. The summed E-state index contributed by atoms with van der Waals surface area (Å²) >= 11 is 0. The summed E-state index contributed by atoms with van der Waals surface area (Å²) in [6, 6.07) is 11.0. The molecule has 2 aromatic heterocycles. The van der Waals surface area contributed by atoms with Crippen LogP contribution in [-0.2, 0) is 4.79 Å². The maximum atomic E-state index is 12.3. The van der Waals surface area contributed by atoms with Gasteiger partial charge in [0.15, 0.2) is 0 Å². The number of pyridine rings is 1. The molecule has 0 unspecified atom stereocenters. The maximum absolute atomic E-state index is 12.3. The Morgan fingerprint density at radius 2 is 1.93 bits per heavy atom. The molecule has 1 saturated heterocycles. The Morgan fingerprint density at radius 3 is 2.64 bits per heavy atom. The predicted octanol–water partition coefficient (Wildman–Crippen LogP) is 3.22. The van der Waals surface area contributed by atoms with E-state index in [2.05, 4.69) is 15.3 Å². The zero-order valence-corrected chi connectivity index (χ0v) is 15.3. The number of primary amides is 1. The summed E-state index contributed by atoms with van der Waals surface area (Å²) < 4.78 is 0. The van der Waals surface area contributed by atoms with Crippen LogP contribution in [0.5, 0.6) is 0 Å². The highest BCUT2D eigenvalue weighted by atomic mass is 16.2. The molecule has 7 heteroatoms. The van der Waals surface area contributed by atoms with Gasteiger partial charge in [0.2, 0.25) is 5.91 Å². The summed E-state index contributed by atoms with van der Waals surface area (Å²) in [4.78, 5) is 33.6.